The van der Waals surface area contributed by atoms with Gasteiger partial charge in [-0.15, -0.1) is 13.2 Å². The number of amides is 5. The first-order chi connectivity index (χ1) is 20.4. The van der Waals surface area contributed by atoms with Crippen molar-refractivity contribution in [2.24, 2.45) is 4.99 Å². The molecular formula is C30H30F3N5O4S. The molecule has 1 aliphatic rings. The van der Waals surface area contributed by atoms with Gasteiger partial charge in [-0.1, -0.05) is 55.9 Å². The molecule has 9 nitrogen and oxygen atoms in total. The molecule has 1 heterocycles. The number of benzene rings is 3. The van der Waals surface area contributed by atoms with Crippen LogP contribution in [0.2, 0.25) is 0 Å². The molecule has 13 heteroatoms. The number of aliphatic imine (C=N–C) groups is 1. The van der Waals surface area contributed by atoms with Crippen LogP contribution in [0, 0.1) is 0 Å². The first-order valence-corrected chi connectivity index (χ1v) is 14.3. The van der Waals surface area contributed by atoms with Crippen LogP contribution < -0.4 is 25.6 Å². The van der Waals surface area contributed by atoms with E-state index in [1.54, 1.807) is 24.3 Å². The highest BCUT2D eigenvalue weighted by Gasteiger charge is 2.32. The van der Waals surface area contributed by atoms with E-state index < -0.39 is 24.2 Å². The number of nitrogens with one attached hydrogen (secondary N) is 3. The van der Waals surface area contributed by atoms with Crippen LogP contribution in [0.1, 0.15) is 37.8 Å². The summed E-state index contributed by atoms with van der Waals surface area (Å²) in [6.45, 7) is 5.91. The summed E-state index contributed by atoms with van der Waals surface area (Å²) in [5.41, 5.74) is 3.38. The summed E-state index contributed by atoms with van der Waals surface area (Å²) in [5.74, 6) is -0.138. The zero-order valence-electron chi connectivity index (χ0n) is 23.6. The highest BCUT2D eigenvalue weighted by Crippen LogP contribution is 2.33. The Bertz CT molecular complexity index is 1490. The number of para-hydroxylation sites is 1. The van der Waals surface area contributed by atoms with Crippen molar-refractivity contribution in [1.29, 1.82) is 0 Å². The van der Waals surface area contributed by atoms with Crippen molar-refractivity contribution in [1.82, 2.24) is 5.32 Å². The molecule has 0 radical (unpaired) electrons. The van der Waals surface area contributed by atoms with E-state index in [0.29, 0.717) is 17.3 Å². The number of nitrogens with zero attached hydrogens (tertiary/aromatic N) is 2. The number of halogens is 3. The molecule has 0 saturated carbocycles. The summed E-state index contributed by atoms with van der Waals surface area (Å²) in [4.78, 5) is 43.4. The summed E-state index contributed by atoms with van der Waals surface area (Å²) < 4.78 is 40.7. The van der Waals surface area contributed by atoms with Crippen LogP contribution in [0.25, 0.3) is 0 Å². The van der Waals surface area contributed by atoms with Crippen LogP contribution in [0.15, 0.2) is 77.8 Å². The number of hydrogen-bond acceptors (Lipinski definition) is 5. The molecule has 1 atom stereocenters. The zero-order chi connectivity index (χ0) is 31.1. The maximum Gasteiger partial charge on any atom is 0.573 e. The predicted octanol–water partition coefficient (Wildman–Crippen LogP) is 7.13. The Balaban J connectivity index is 1.29. The van der Waals surface area contributed by atoms with Crippen molar-refractivity contribution in [3.63, 3.8) is 0 Å². The van der Waals surface area contributed by atoms with Crippen LogP contribution in [-0.2, 0) is 11.2 Å². The number of carbonyl (C=O) groups is 3. The number of alkyl halides is 3. The average Bonchev–Trinajstić information content (AvgIpc) is 3.29. The maximum absolute atomic E-state index is 12.7. The Hall–Kier alpha value is -4.52. The molecule has 4 rings (SSSR count). The molecule has 1 fully saturated rings. The Morgan fingerprint density at radius 2 is 1.56 bits per heavy atom. The molecule has 3 N–H and O–H groups in total. The van der Waals surface area contributed by atoms with Crippen molar-refractivity contribution in [3.8, 4) is 5.75 Å². The van der Waals surface area contributed by atoms with Gasteiger partial charge in [-0.3, -0.25) is 9.69 Å². The summed E-state index contributed by atoms with van der Waals surface area (Å²) in [7, 11) is 0. The van der Waals surface area contributed by atoms with Crippen molar-refractivity contribution in [2.45, 2.75) is 45.5 Å². The van der Waals surface area contributed by atoms with Crippen LogP contribution >= 0.6 is 11.8 Å². The predicted molar refractivity (Wildman–Crippen MR) is 162 cm³/mol. The Morgan fingerprint density at radius 1 is 0.953 bits per heavy atom. The first-order valence-electron chi connectivity index (χ1n) is 13.3. The Kier molecular flexibility index (Phi) is 9.96. The molecule has 5 amide bonds. The van der Waals surface area contributed by atoms with Gasteiger partial charge in [-0.25, -0.2) is 9.59 Å². The fourth-order valence-electron chi connectivity index (χ4n) is 4.35. The molecule has 3 aromatic carbocycles. The van der Waals surface area contributed by atoms with E-state index in [9.17, 15) is 27.6 Å². The minimum absolute atomic E-state index is 0.131. The molecule has 1 aliphatic heterocycles. The minimum Gasteiger partial charge on any atom is -0.406 e. The second kappa shape index (κ2) is 13.6. The molecule has 1 saturated heterocycles. The van der Waals surface area contributed by atoms with Gasteiger partial charge < -0.3 is 20.7 Å². The fraction of sp³-hybridized carbons (Fsp3) is 0.267. The summed E-state index contributed by atoms with van der Waals surface area (Å²) >= 11 is 1.22. The van der Waals surface area contributed by atoms with E-state index in [-0.39, 0.29) is 29.3 Å². The Morgan fingerprint density at radius 3 is 2.16 bits per heavy atom. The normalized spacial score (nSPS) is 15.0. The maximum atomic E-state index is 12.7. The fourth-order valence-corrected chi connectivity index (χ4v) is 5.21. The summed E-state index contributed by atoms with van der Waals surface area (Å²) in [6.07, 6.45) is -4.31. The third kappa shape index (κ3) is 8.98. The van der Waals surface area contributed by atoms with Crippen molar-refractivity contribution < 1.29 is 32.3 Å². The molecule has 1 unspecified atom stereocenters. The van der Waals surface area contributed by atoms with Crippen molar-refractivity contribution in [2.75, 3.05) is 21.3 Å². The van der Waals surface area contributed by atoms with E-state index in [1.807, 2.05) is 45.0 Å². The van der Waals surface area contributed by atoms with Gasteiger partial charge in [0.25, 0.3) is 0 Å². The van der Waals surface area contributed by atoms with Crippen molar-refractivity contribution >= 4 is 52.0 Å². The average molecular weight is 614 g/mol. The summed E-state index contributed by atoms with van der Waals surface area (Å²) in [5, 5.41) is 8.35. The largest absolute Gasteiger partial charge is 0.573 e. The van der Waals surface area contributed by atoms with Gasteiger partial charge in [0, 0.05) is 17.4 Å². The number of ether oxygens (including phenoxy) is 1. The van der Waals surface area contributed by atoms with Gasteiger partial charge >= 0.3 is 18.4 Å². The van der Waals surface area contributed by atoms with Crippen molar-refractivity contribution in [3.05, 3.63) is 83.9 Å². The second-order valence-corrected chi connectivity index (χ2v) is 11.0. The topological polar surface area (TPSA) is 112 Å². The lowest BCUT2D eigenvalue weighted by atomic mass is 10.0. The number of thioether (sulfide) groups is 1. The number of carbonyl (C=O) groups excluding carboxylic acids is 3. The second-order valence-electron chi connectivity index (χ2n) is 10.0. The SMILES string of the molecule is CC(Cc1ccc(NC(=O)Nc2ccc(OC(F)(F)F)cc2)cc1)NC(=O)N=C1SCC(=O)N1c1ccccc1C(C)C. The van der Waals surface area contributed by atoms with Gasteiger partial charge in [0.05, 0.1) is 11.4 Å². The number of amidine groups is 1. The number of hydrogen-bond donors (Lipinski definition) is 3. The smallest absolute Gasteiger partial charge is 0.406 e. The third-order valence-corrected chi connectivity index (χ3v) is 7.15. The van der Waals surface area contributed by atoms with Crippen LogP contribution in [-0.4, -0.2) is 41.3 Å². The lowest BCUT2D eigenvalue weighted by Crippen LogP contribution is -2.35. The molecule has 0 aliphatic carbocycles. The van der Waals surface area contributed by atoms with Gasteiger partial charge in [0.15, 0.2) is 5.17 Å². The molecule has 226 valence electrons. The molecule has 0 spiro atoms. The molecule has 43 heavy (non-hydrogen) atoms. The van der Waals surface area contributed by atoms with Crippen LogP contribution in [0.3, 0.4) is 0 Å². The standard InChI is InChI=1S/C30H30F3N5O4S/c1-18(2)24-6-4-5-7-25(24)38-26(39)17-43-29(38)37-27(40)34-19(3)16-20-8-10-21(11-9-20)35-28(41)36-22-12-14-23(15-13-22)42-30(31,32)33/h4-15,18-19H,16-17H2,1-3H3,(H,34,40)(H2,35,36,41). The van der Waals surface area contributed by atoms with Gasteiger partial charge in [0.2, 0.25) is 5.91 Å². The first kappa shape index (κ1) is 31.4. The molecular weight excluding hydrogens is 583 g/mol. The number of rotatable bonds is 8. The van der Waals surface area contributed by atoms with E-state index in [1.165, 1.54) is 28.8 Å². The molecule has 0 bridgehead atoms. The summed E-state index contributed by atoms with van der Waals surface area (Å²) in [6, 6.07) is 17.9. The van der Waals surface area contributed by atoms with Crippen LogP contribution in [0.4, 0.5) is 39.8 Å². The van der Waals surface area contributed by atoms with Gasteiger partial charge in [-0.2, -0.15) is 4.99 Å². The van der Waals surface area contributed by atoms with Gasteiger partial charge in [0.1, 0.15) is 5.75 Å². The number of anilines is 3. The molecule has 3 aromatic rings. The van der Waals surface area contributed by atoms with E-state index in [4.69, 9.17) is 0 Å². The highest BCUT2D eigenvalue weighted by molar-refractivity contribution is 8.15. The van der Waals surface area contributed by atoms with E-state index in [0.717, 1.165) is 28.9 Å². The van der Waals surface area contributed by atoms with E-state index >= 15 is 0 Å². The quantitative estimate of drug-likeness (QED) is 0.250. The number of urea groups is 2. The third-order valence-electron chi connectivity index (χ3n) is 6.23. The lowest BCUT2D eigenvalue weighted by molar-refractivity contribution is -0.274. The monoisotopic (exact) mass is 613 g/mol. The zero-order valence-corrected chi connectivity index (χ0v) is 24.4. The molecule has 0 aromatic heterocycles. The Labute approximate surface area is 250 Å². The lowest BCUT2D eigenvalue weighted by Gasteiger charge is -2.21. The van der Waals surface area contributed by atoms with Crippen LogP contribution in [0.5, 0.6) is 5.75 Å². The van der Waals surface area contributed by atoms with Gasteiger partial charge in [-0.05, 0) is 72.9 Å². The minimum atomic E-state index is -4.80. The highest BCUT2D eigenvalue weighted by atomic mass is 32.2. The van der Waals surface area contributed by atoms with E-state index in [2.05, 4.69) is 25.7 Å².